The van der Waals surface area contributed by atoms with Crippen LogP contribution in [0.5, 0.6) is 5.88 Å². The topological polar surface area (TPSA) is 48.4 Å². The molecule has 2 rings (SSSR count). The SMILES string of the molecule is C=C(C)C(F)(F)C(F)(F)c1cc(C(=O)OC)c2c(n1)OC(C)=C=C2C. The summed E-state index contributed by atoms with van der Waals surface area (Å²) in [4.78, 5) is 15.5. The van der Waals surface area contributed by atoms with E-state index in [1.54, 1.807) is 6.92 Å². The molecule has 1 aromatic rings. The summed E-state index contributed by atoms with van der Waals surface area (Å²) >= 11 is 0. The number of carbonyl (C=O) groups is 1. The number of carbonyl (C=O) groups excluding carboxylic acids is 1. The quantitative estimate of drug-likeness (QED) is 0.345. The van der Waals surface area contributed by atoms with Crippen molar-refractivity contribution in [2.45, 2.75) is 32.6 Å². The fourth-order valence-corrected chi connectivity index (χ4v) is 2.32. The third kappa shape index (κ3) is 2.93. The first-order valence-electron chi connectivity index (χ1n) is 7.11. The minimum atomic E-state index is -4.70. The second-order valence-electron chi connectivity index (χ2n) is 5.56. The van der Waals surface area contributed by atoms with Gasteiger partial charge in [-0.1, -0.05) is 12.3 Å². The van der Waals surface area contributed by atoms with E-state index in [4.69, 9.17) is 4.74 Å². The van der Waals surface area contributed by atoms with Crippen molar-refractivity contribution in [1.29, 1.82) is 0 Å². The maximum atomic E-state index is 14.4. The molecule has 0 aliphatic carbocycles. The zero-order chi connectivity index (χ0) is 19.2. The molecule has 0 saturated carbocycles. The molecular formula is C17H15F4NO3. The van der Waals surface area contributed by atoms with E-state index in [1.807, 2.05) is 0 Å². The molecule has 0 spiro atoms. The molecule has 0 amide bonds. The highest BCUT2D eigenvalue weighted by Gasteiger charge is 2.59. The summed E-state index contributed by atoms with van der Waals surface area (Å²) in [5, 5.41) is 0. The van der Waals surface area contributed by atoms with Crippen LogP contribution in [0, 0.1) is 0 Å². The fraction of sp³-hybridized carbons (Fsp3) is 0.353. The van der Waals surface area contributed by atoms with Gasteiger partial charge in [-0.15, -0.1) is 0 Å². The van der Waals surface area contributed by atoms with E-state index in [0.29, 0.717) is 11.6 Å². The van der Waals surface area contributed by atoms with Crippen molar-refractivity contribution in [1.82, 2.24) is 4.98 Å². The maximum absolute atomic E-state index is 14.4. The molecule has 0 bridgehead atoms. The Morgan fingerprint density at radius 3 is 2.44 bits per heavy atom. The Kier molecular flexibility index (Phi) is 4.53. The van der Waals surface area contributed by atoms with E-state index in [-0.39, 0.29) is 22.8 Å². The molecule has 4 nitrogen and oxygen atoms in total. The van der Waals surface area contributed by atoms with Crippen LogP contribution >= 0.6 is 0 Å². The Morgan fingerprint density at radius 1 is 1.32 bits per heavy atom. The smallest absolute Gasteiger partial charge is 0.355 e. The van der Waals surface area contributed by atoms with Crippen molar-refractivity contribution in [2.75, 3.05) is 7.11 Å². The Balaban J connectivity index is 2.78. The summed E-state index contributed by atoms with van der Waals surface area (Å²) in [5.74, 6) is -10.4. The van der Waals surface area contributed by atoms with Gasteiger partial charge >= 0.3 is 17.8 Å². The van der Waals surface area contributed by atoms with Crippen LogP contribution < -0.4 is 4.74 Å². The summed E-state index contributed by atoms with van der Waals surface area (Å²) in [5.41, 5.74) is 0.504. The second kappa shape index (κ2) is 6.04. The number of hydrogen-bond donors (Lipinski definition) is 0. The summed E-state index contributed by atoms with van der Waals surface area (Å²) in [6.45, 7) is 6.73. The van der Waals surface area contributed by atoms with Crippen molar-refractivity contribution in [3.63, 3.8) is 0 Å². The van der Waals surface area contributed by atoms with Crippen LogP contribution in [0.1, 0.15) is 42.4 Å². The summed E-state index contributed by atoms with van der Waals surface area (Å²) in [6.07, 6.45) is 0. The van der Waals surface area contributed by atoms with Gasteiger partial charge in [0.25, 0.3) is 0 Å². The van der Waals surface area contributed by atoms with Crippen LogP contribution in [-0.4, -0.2) is 24.0 Å². The number of methoxy groups -OCH3 is 1. The lowest BCUT2D eigenvalue weighted by atomic mass is 9.96. The summed E-state index contributed by atoms with van der Waals surface area (Å²) in [6, 6.07) is 0.580. The molecule has 0 saturated heterocycles. The molecule has 0 atom stereocenters. The van der Waals surface area contributed by atoms with Crippen LogP contribution in [0.3, 0.4) is 0 Å². The third-order valence-corrected chi connectivity index (χ3v) is 3.63. The molecule has 1 aliphatic heterocycles. The molecule has 0 radical (unpaired) electrons. The van der Waals surface area contributed by atoms with E-state index in [0.717, 1.165) is 14.0 Å². The lowest BCUT2D eigenvalue weighted by Gasteiger charge is -2.27. The Hall–Kier alpha value is -2.60. The van der Waals surface area contributed by atoms with Crippen LogP contribution in [0.15, 0.2) is 29.7 Å². The number of rotatable bonds is 4. The van der Waals surface area contributed by atoms with Crippen LogP contribution in [0.25, 0.3) is 5.57 Å². The molecule has 2 heterocycles. The number of allylic oxidation sites excluding steroid dienone is 2. The van der Waals surface area contributed by atoms with Crippen molar-refractivity contribution in [3.8, 4) is 5.88 Å². The normalized spacial score (nSPS) is 14.1. The number of hydrogen-bond acceptors (Lipinski definition) is 4. The van der Waals surface area contributed by atoms with Crippen molar-refractivity contribution >= 4 is 11.5 Å². The molecular weight excluding hydrogens is 342 g/mol. The summed E-state index contributed by atoms with van der Waals surface area (Å²) in [7, 11) is 1.04. The molecule has 0 aromatic carbocycles. The van der Waals surface area contributed by atoms with E-state index in [2.05, 4.69) is 22.0 Å². The lowest BCUT2D eigenvalue weighted by Crippen LogP contribution is -2.39. The minimum absolute atomic E-state index is 0.0654. The molecule has 134 valence electrons. The van der Waals surface area contributed by atoms with Crippen molar-refractivity contribution < 1.29 is 31.8 Å². The second-order valence-corrected chi connectivity index (χ2v) is 5.56. The maximum Gasteiger partial charge on any atom is 0.355 e. The van der Waals surface area contributed by atoms with Gasteiger partial charge < -0.3 is 9.47 Å². The fourth-order valence-electron chi connectivity index (χ4n) is 2.32. The Morgan fingerprint density at radius 2 is 1.92 bits per heavy atom. The average molecular weight is 357 g/mol. The van der Waals surface area contributed by atoms with Crippen LogP contribution in [-0.2, 0) is 10.7 Å². The van der Waals surface area contributed by atoms with Gasteiger partial charge in [0.15, 0.2) is 0 Å². The number of ether oxygens (including phenoxy) is 2. The zero-order valence-corrected chi connectivity index (χ0v) is 14.0. The first-order chi connectivity index (χ1) is 11.4. The standard InChI is InChI=1S/C17H15F4NO3/c1-8(2)16(18,19)17(20,21)12-7-11(15(23)24-5)13-9(3)6-10(4)25-14(13)22-12/h7H,1H2,2-5H3. The van der Waals surface area contributed by atoms with Crippen molar-refractivity contribution in [2.24, 2.45) is 0 Å². The van der Waals surface area contributed by atoms with E-state index < -0.39 is 29.1 Å². The molecule has 1 aliphatic rings. The molecule has 1 aromatic heterocycles. The zero-order valence-electron chi connectivity index (χ0n) is 14.0. The van der Waals surface area contributed by atoms with Gasteiger partial charge in [0, 0.05) is 12.5 Å². The van der Waals surface area contributed by atoms with E-state index in [1.165, 1.54) is 6.92 Å². The van der Waals surface area contributed by atoms with E-state index >= 15 is 0 Å². The monoisotopic (exact) mass is 357 g/mol. The highest BCUT2D eigenvalue weighted by atomic mass is 19.3. The number of halogens is 4. The molecule has 8 heteroatoms. The third-order valence-electron chi connectivity index (χ3n) is 3.63. The van der Waals surface area contributed by atoms with Crippen LogP contribution in [0.4, 0.5) is 17.6 Å². The van der Waals surface area contributed by atoms with Gasteiger partial charge in [-0.2, -0.15) is 17.6 Å². The molecule has 0 N–H and O–H groups in total. The van der Waals surface area contributed by atoms with Crippen LogP contribution in [0.2, 0.25) is 0 Å². The first-order valence-corrected chi connectivity index (χ1v) is 7.11. The van der Waals surface area contributed by atoms with Gasteiger partial charge in [-0.3, -0.25) is 0 Å². The highest BCUT2D eigenvalue weighted by molar-refractivity contribution is 5.96. The Labute approximate surface area is 141 Å². The first kappa shape index (κ1) is 18.7. The number of fused-ring (bicyclic) bond motifs is 1. The molecule has 0 fully saturated rings. The molecule has 0 unspecified atom stereocenters. The number of alkyl halides is 4. The van der Waals surface area contributed by atoms with Gasteiger partial charge in [0.2, 0.25) is 5.88 Å². The van der Waals surface area contributed by atoms with Gasteiger partial charge in [0.05, 0.1) is 18.2 Å². The van der Waals surface area contributed by atoms with Gasteiger partial charge in [0.1, 0.15) is 11.5 Å². The van der Waals surface area contributed by atoms with Gasteiger partial charge in [-0.05, 0) is 25.5 Å². The number of pyridine rings is 1. The average Bonchev–Trinajstić information content (AvgIpc) is 2.52. The predicted octanol–water partition coefficient (Wildman–Crippen LogP) is 4.47. The minimum Gasteiger partial charge on any atom is -0.465 e. The number of aromatic nitrogens is 1. The van der Waals surface area contributed by atoms with E-state index in [9.17, 15) is 22.4 Å². The van der Waals surface area contributed by atoms with Crippen molar-refractivity contribution in [3.05, 3.63) is 46.5 Å². The summed E-state index contributed by atoms with van der Waals surface area (Å²) < 4.78 is 66.4. The van der Waals surface area contributed by atoms with Gasteiger partial charge in [-0.25, -0.2) is 9.78 Å². The highest BCUT2D eigenvalue weighted by Crippen LogP contribution is 2.47. The molecule has 25 heavy (non-hydrogen) atoms. The number of nitrogens with zero attached hydrogens (tertiary/aromatic N) is 1. The Bertz CT molecular complexity index is 837. The largest absolute Gasteiger partial charge is 0.465 e. The lowest BCUT2D eigenvalue weighted by molar-refractivity contribution is -0.195. The number of esters is 1. The predicted molar refractivity (Wildman–Crippen MR) is 81.6 cm³/mol.